The Hall–Kier alpha value is -3.58. The first-order chi connectivity index (χ1) is 19.3. The minimum Gasteiger partial charge on any atom is -0.355 e. The molecule has 0 bridgehead atoms. The van der Waals surface area contributed by atoms with Gasteiger partial charge in [-0.3, -0.25) is 14.3 Å². The summed E-state index contributed by atoms with van der Waals surface area (Å²) in [7, 11) is 0. The third-order valence-electron chi connectivity index (χ3n) is 7.92. The molecule has 0 spiro atoms. The summed E-state index contributed by atoms with van der Waals surface area (Å²) < 4.78 is 71.6. The van der Waals surface area contributed by atoms with Crippen molar-refractivity contribution < 1.29 is 31.5 Å². The predicted molar refractivity (Wildman–Crippen MR) is 137 cm³/mol. The van der Waals surface area contributed by atoms with E-state index in [9.17, 15) is 31.5 Å². The quantitative estimate of drug-likeness (QED) is 0.395. The number of alkyl halides is 5. The highest BCUT2D eigenvalue weighted by atomic mass is 19.4. The molecule has 1 aliphatic heterocycles. The molecule has 2 aliphatic rings. The Bertz CT molecular complexity index is 1420. The second kappa shape index (κ2) is 11.0. The van der Waals surface area contributed by atoms with E-state index in [4.69, 9.17) is 0 Å². The number of halogens is 5. The lowest BCUT2D eigenvalue weighted by atomic mass is 9.80. The third-order valence-corrected chi connectivity index (χ3v) is 7.92. The summed E-state index contributed by atoms with van der Waals surface area (Å²) in [4.78, 5) is 30.2. The van der Waals surface area contributed by atoms with Gasteiger partial charge in [-0.25, -0.2) is 18.3 Å². The van der Waals surface area contributed by atoms with Crippen molar-refractivity contribution in [1.82, 2.24) is 35.0 Å². The van der Waals surface area contributed by atoms with Gasteiger partial charge in [-0.15, -0.1) is 0 Å². The van der Waals surface area contributed by atoms with E-state index in [-0.39, 0.29) is 25.3 Å². The molecule has 4 atom stereocenters. The van der Waals surface area contributed by atoms with Gasteiger partial charge in [0.2, 0.25) is 11.8 Å². The lowest BCUT2D eigenvalue weighted by Gasteiger charge is -2.34. The van der Waals surface area contributed by atoms with Crippen molar-refractivity contribution >= 4 is 17.5 Å². The summed E-state index contributed by atoms with van der Waals surface area (Å²) in [6.07, 6.45) is -1.58. The maximum Gasteiger partial charge on any atom is 0.393 e. The number of nitrogens with one attached hydrogen (secondary N) is 2. The smallest absolute Gasteiger partial charge is 0.355 e. The number of carbonyl (C=O) groups excluding carboxylic acids is 2. The van der Waals surface area contributed by atoms with E-state index >= 15 is 0 Å². The van der Waals surface area contributed by atoms with Gasteiger partial charge in [0.15, 0.2) is 5.65 Å². The van der Waals surface area contributed by atoms with E-state index in [2.05, 4.69) is 25.8 Å². The van der Waals surface area contributed by atoms with E-state index in [1.807, 2.05) is 13.8 Å². The number of fused-ring (bicyclic) bond motifs is 1. The van der Waals surface area contributed by atoms with Gasteiger partial charge in [0.25, 0.3) is 5.91 Å². The Balaban J connectivity index is 1.41. The number of imidazole rings is 1. The Morgan fingerprint density at radius 3 is 2.73 bits per heavy atom. The first-order valence-corrected chi connectivity index (χ1v) is 13.7. The number of piperidine rings is 1. The molecule has 1 saturated carbocycles. The number of amides is 2. The number of carbonyl (C=O) groups is 2. The van der Waals surface area contributed by atoms with Crippen LogP contribution in [0.1, 0.15) is 79.9 Å². The molecule has 1 aliphatic carbocycles. The van der Waals surface area contributed by atoms with Crippen LogP contribution in [0.3, 0.4) is 0 Å². The van der Waals surface area contributed by atoms with E-state index < -0.39 is 60.7 Å². The van der Waals surface area contributed by atoms with Gasteiger partial charge in [-0.05, 0) is 57.2 Å². The number of nitrogens with zero attached hydrogens (tertiary/aromatic N) is 5. The van der Waals surface area contributed by atoms with Gasteiger partial charge in [0.05, 0.1) is 29.5 Å². The van der Waals surface area contributed by atoms with Crippen LogP contribution in [0.2, 0.25) is 0 Å². The normalized spacial score (nSPS) is 23.9. The van der Waals surface area contributed by atoms with Gasteiger partial charge in [-0.2, -0.15) is 23.4 Å². The predicted octanol–water partition coefficient (Wildman–Crippen LogP) is 4.66. The minimum atomic E-state index is -4.41. The second-order valence-corrected chi connectivity index (χ2v) is 11.3. The Labute approximate surface area is 232 Å². The molecule has 2 fully saturated rings. The van der Waals surface area contributed by atoms with Crippen LogP contribution in [0, 0.1) is 17.8 Å². The fourth-order valence-electron chi connectivity index (χ4n) is 5.83. The molecule has 4 heterocycles. The average molecular weight is 582 g/mol. The highest BCUT2D eigenvalue weighted by Gasteiger charge is 2.45. The van der Waals surface area contributed by atoms with E-state index in [1.54, 1.807) is 22.9 Å². The molecular formula is C27H32F5N7O2. The molecule has 0 aromatic carbocycles. The summed E-state index contributed by atoms with van der Waals surface area (Å²) in [6, 6.07) is 3.81. The number of rotatable bonds is 7. The molecule has 3 aromatic heterocycles. The molecule has 3 aromatic rings. The topological polar surface area (TPSA) is 106 Å². The SMILES string of the molecule is CC(C)n1nccc1C(=O)NC(c1cn2nc(CC3C[C@H](C(F)(F)F)CNC3=O)ccc2n1)[C@@H]1CCCC(F)(F)C1. The number of hydrogen-bond donors (Lipinski definition) is 2. The molecule has 5 rings (SSSR count). The largest absolute Gasteiger partial charge is 0.393 e. The zero-order chi connectivity index (χ0) is 29.5. The van der Waals surface area contributed by atoms with Crippen molar-refractivity contribution in [2.24, 2.45) is 17.8 Å². The van der Waals surface area contributed by atoms with E-state index in [1.165, 1.54) is 16.9 Å². The minimum absolute atomic E-state index is 0.00390. The number of hydrogen-bond acceptors (Lipinski definition) is 5. The van der Waals surface area contributed by atoms with Crippen molar-refractivity contribution in [1.29, 1.82) is 0 Å². The van der Waals surface area contributed by atoms with Crippen molar-refractivity contribution in [3.63, 3.8) is 0 Å². The summed E-state index contributed by atoms with van der Waals surface area (Å²) >= 11 is 0. The second-order valence-electron chi connectivity index (χ2n) is 11.3. The first kappa shape index (κ1) is 28.9. The van der Waals surface area contributed by atoms with Crippen LogP contribution in [-0.2, 0) is 11.2 Å². The van der Waals surface area contributed by atoms with Gasteiger partial charge in [0, 0.05) is 44.0 Å². The van der Waals surface area contributed by atoms with E-state index in [0.29, 0.717) is 35.6 Å². The average Bonchev–Trinajstić information content (AvgIpc) is 3.54. The third kappa shape index (κ3) is 6.35. The zero-order valence-electron chi connectivity index (χ0n) is 22.7. The molecule has 2 unspecified atom stereocenters. The Morgan fingerprint density at radius 1 is 1.24 bits per heavy atom. The van der Waals surface area contributed by atoms with E-state index in [0.717, 1.165) is 0 Å². The lowest BCUT2D eigenvalue weighted by molar-refractivity contribution is -0.183. The van der Waals surface area contributed by atoms with Crippen molar-refractivity contribution in [3.8, 4) is 0 Å². The Kier molecular flexibility index (Phi) is 7.77. The number of aromatic nitrogens is 5. The van der Waals surface area contributed by atoms with Crippen molar-refractivity contribution in [3.05, 3.63) is 47.7 Å². The highest BCUT2D eigenvalue weighted by Crippen LogP contribution is 2.42. The standard InChI is InChI=1S/C27H32F5N7O2/c1-15(2)39-21(7-9-34-39)25(41)36-23(16-4-3-8-26(28,29)12-16)20-14-38-22(35-20)6-5-19(37-38)11-17-10-18(27(30,31)32)13-33-24(17)40/h5-7,9,14-18,23H,3-4,8,10-13H2,1-2H3,(H,33,40)(H,36,41)/t16-,17?,18+,23?/m1/s1. The van der Waals surface area contributed by atoms with Crippen LogP contribution < -0.4 is 10.6 Å². The summed E-state index contributed by atoms with van der Waals surface area (Å²) in [5.41, 5.74) is 1.39. The molecule has 2 N–H and O–H groups in total. The molecule has 14 heteroatoms. The van der Waals surface area contributed by atoms with Crippen molar-refractivity contribution in [2.75, 3.05) is 6.54 Å². The maximum atomic E-state index is 14.5. The van der Waals surface area contributed by atoms with Crippen LogP contribution in [0.4, 0.5) is 22.0 Å². The van der Waals surface area contributed by atoms with Crippen LogP contribution in [0.5, 0.6) is 0 Å². The van der Waals surface area contributed by atoms with Crippen molar-refractivity contribution in [2.45, 2.75) is 76.6 Å². The van der Waals surface area contributed by atoms with Crippen LogP contribution in [0.15, 0.2) is 30.6 Å². The molecular weight excluding hydrogens is 549 g/mol. The summed E-state index contributed by atoms with van der Waals surface area (Å²) in [5, 5.41) is 13.9. The van der Waals surface area contributed by atoms with Gasteiger partial charge in [0.1, 0.15) is 5.69 Å². The summed E-state index contributed by atoms with van der Waals surface area (Å²) in [6.45, 7) is 3.30. The highest BCUT2D eigenvalue weighted by molar-refractivity contribution is 5.92. The lowest BCUT2D eigenvalue weighted by Crippen LogP contribution is -2.47. The molecule has 0 radical (unpaired) electrons. The fourth-order valence-corrected chi connectivity index (χ4v) is 5.83. The van der Waals surface area contributed by atoms with Crippen LogP contribution in [0.25, 0.3) is 5.65 Å². The van der Waals surface area contributed by atoms with Gasteiger partial charge in [-0.1, -0.05) is 0 Å². The van der Waals surface area contributed by atoms with Gasteiger partial charge >= 0.3 is 6.18 Å². The molecule has 9 nitrogen and oxygen atoms in total. The molecule has 1 saturated heterocycles. The molecule has 2 amide bonds. The fraction of sp³-hybridized carbons (Fsp3) is 0.593. The zero-order valence-corrected chi connectivity index (χ0v) is 22.7. The summed E-state index contributed by atoms with van der Waals surface area (Å²) in [5.74, 6) is -6.91. The maximum absolute atomic E-state index is 14.5. The Morgan fingerprint density at radius 2 is 2.02 bits per heavy atom. The van der Waals surface area contributed by atoms with Gasteiger partial charge < -0.3 is 10.6 Å². The molecule has 41 heavy (non-hydrogen) atoms. The monoisotopic (exact) mass is 581 g/mol. The van der Waals surface area contributed by atoms with Crippen LogP contribution >= 0.6 is 0 Å². The van der Waals surface area contributed by atoms with Crippen LogP contribution in [-0.4, -0.2) is 54.8 Å². The first-order valence-electron chi connectivity index (χ1n) is 13.7. The molecule has 222 valence electrons.